The zero-order valence-electron chi connectivity index (χ0n) is 7.25. The molecule has 0 radical (unpaired) electrons. The third-order valence-electron chi connectivity index (χ3n) is 2.25. The van der Waals surface area contributed by atoms with Crippen molar-refractivity contribution in [1.29, 1.82) is 0 Å². The molecule has 0 aromatic carbocycles. The van der Waals surface area contributed by atoms with Gasteiger partial charge in [-0.1, -0.05) is 0 Å². The Hall–Kier alpha value is -0.870. The topological polar surface area (TPSA) is 41.9 Å². The summed E-state index contributed by atoms with van der Waals surface area (Å²) in [4.78, 5) is 4.09. The summed E-state index contributed by atoms with van der Waals surface area (Å²) < 4.78 is 2.06. The van der Waals surface area contributed by atoms with Crippen molar-refractivity contribution in [2.75, 3.05) is 19.6 Å². The van der Waals surface area contributed by atoms with Gasteiger partial charge in [0.25, 0.3) is 0 Å². The van der Waals surface area contributed by atoms with Gasteiger partial charge in [0.1, 0.15) is 0 Å². The Morgan fingerprint density at radius 3 is 3.08 bits per heavy atom. The van der Waals surface area contributed by atoms with Crippen LogP contribution in [0.25, 0.3) is 0 Å². The van der Waals surface area contributed by atoms with E-state index in [1.165, 1.54) is 5.69 Å². The first kappa shape index (κ1) is 7.76. The van der Waals surface area contributed by atoms with Crippen LogP contribution in [0.1, 0.15) is 11.7 Å². The first-order valence-electron chi connectivity index (χ1n) is 4.28. The molecule has 0 aliphatic carbocycles. The van der Waals surface area contributed by atoms with E-state index in [-0.39, 0.29) is 0 Å². The van der Waals surface area contributed by atoms with Crippen LogP contribution in [0.15, 0.2) is 12.5 Å². The van der Waals surface area contributed by atoms with Gasteiger partial charge in [-0.05, 0) is 0 Å². The Morgan fingerprint density at radius 1 is 1.58 bits per heavy atom. The van der Waals surface area contributed by atoms with Crippen LogP contribution in [0.4, 0.5) is 0 Å². The number of hydrogen-bond acceptors (Lipinski definition) is 3. The molecule has 2 rings (SSSR count). The van der Waals surface area contributed by atoms with Gasteiger partial charge in [0, 0.05) is 32.9 Å². The summed E-state index contributed by atoms with van der Waals surface area (Å²) in [5.41, 5.74) is 1.25. The van der Waals surface area contributed by atoms with Gasteiger partial charge in [-0.25, -0.2) is 4.98 Å². The molecule has 4 nitrogen and oxygen atoms in total. The van der Waals surface area contributed by atoms with Crippen LogP contribution in [0.5, 0.6) is 0 Å². The molecule has 4 heteroatoms. The lowest BCUT2D eigenvalue weighted by Crippen LogP contribution is -2.43. The first-order valence-corrected chi connectivity index (χ1v) is 4.28. The van der Waals surface area contributed by atoms with Crippen molar-refractivity contribution in [2.24, 2.45) is 7.05 Å². The molecular weight excluding hydrogens is 152 g/mol. The van der Waals surface area contributed by atoms with Crippen LogP contribution in [0, 0.1) is 0 Å². The van der Waals surface area contributed by atoms with E-state index in [9.17, 15) is 0 Å². The van der Waals surface area contributed by atoms with E-state index in [1.807, 2.05) is 19.6 Å². The van der Waals surface area contributed by atoms with Gasteiger partial charge in [-0.3, -0.25) is 0 Å². The van der Waals surface area contributed by atoms with Crippen molar-refractivity contribution in [3.63, 3.8) is 0 Å². The Balaban J connectivity index is 2.13. The maximum atomic E-state index is 4.09. The van der Waals surface area contributed by atoms with E-state index < -0.39 is 0 Å². The van der Waals surface area contributed by atoms with E-state index in [1.54, 1.807) is 0 Å². The van der Waals surface area contributed by atoms with Crippen molar-refractivity contribution >= 4 is 0 Å². The highest BCUT2D eigenvalue weighted by Crippen LogP contribution is 2.11. The molecule has 1 fully saturated rings. The lowest BCUT2D eigenvalue weighted by molar-refractivity contribution is 0.416. The van der Waals surface area contributed by atoms with Gasteiger partial charge < -0.3 is 15.2 Å². The highest BCUT2D eigenvalue weighted by atomic mass is 15.1. The lowest BCUT2D eigenvalue weighted by Gasteiger charge is -2.24. The average molecular weight is 166 g/mol. The van der Waals surface area contributed by atoms with E-state index >= 15 is 0 Å². The van der Waals surface area contributed by atoms with Gasteiger partial charge in [-0.2, -0.15) is 0 Å². The number of aryl methyl sites for hydroxylation is 1. The second-order valence-corrected chi connectivity index (χ2v) is 3.14. The van der Waals surface area contributed by atoms with Crippen LogP contribution >= 0.6 is 0 Å². The molecule has 1 aromatic heterocycles. The third kappa shape index (κ3) is 1.35. The molecule has 1 aromatic rings. The molecule has 1 unspecified atom stereocenters. The number of piperazine rings is 1. The minimum Gasteiger partial charge on any atom is -0.336 e. The highest BCUT2D eigenvalue weighted by Gasteiger charge is 2.16. The predicted octanol–water partition coefficient (Wildman–Crippen LogP) is -0.346. The molecule has 1 saturated heterocycles. The molecule has 0 spiro atoms. The molecule has 1 aliphatic heterocycles. The van der Waals surface area contributed by atoms with Crippen LogP contribution in [0.2, 0.25) is 0 Å². The monoisotopic (exact) mass is 166 g/mol. The second kappa shape index (κ2) is 3.25. The smallest absolute Gasteiger partial charge is 0.0946 e. The van der Waals surface area contributed by atoms with E-state index in [0.29, 0.717) is 6.04 Å². The average Bonchev–Trinajstić information content (AvgIpc) is 2.53. The van der Waals surface area contributed by atoms with Crippen LogP contribution in [0.3, 0.4) is 0 Å². The number of imidazole rings is 1. The minimum atomic E-state index is 0.422. The molecule has 0 amide bonds. The summed E-state index contributed by atoms with van der Waals surface area (Å²) in [7, 11) is 2.03. The summed E-state index contributed by atoms with van der Waals surface area (Å²) in [6, 6.07) is 0.422. The molecule has 2 heterocycles. The summed E-state index contributed by atoms with van der Waals surface area (Å²) >= 11 is 0. The maximum absolute atomic E-state index is 4.09. The summed E-state index contributed by atoms with van der Waals surface area (Å²) in [5.74, 6) is 0. The molecule has 66 valence electrons. The largest absolute Gasteiger partial charge is 0.336 e. The zero-order chi connectivity index (χ0) is 8.39. The molecular formula is C8H14N4. The Morgan fingerprint density at radius 2 is 2.50 bits per heavy atom. The fraction of sp³-hybridized carbons (Fsp3) is 0.625. The zero-order valence-corrected chi connectivity index (χ0v) is 7.25. The lowest BCUT2D eigenvalue weighted by atomic mass is 10.2. The Kier molecular flexibility index (Phi) is 2.10. The number of rotatable bonds is 1. The van der Waals surface area contributed by atoms with E-state index in [2.05, 4.69) is 20.2 Å². The molecule has 0 bridgehead atoms. The van der Waals surface area contributed by atoms with Crippen LogP contribution in [-0.4, -0.2) is 29.2 Å². The van der Waals surface area contributed by atoms with Gasteiger partial charge in [-0.15, -0.1) is 0 Å². The van der Waals surface area contributed by atoms with Crippen molar-refractivity contribution in [1.82, 2.24) is 20.2 Å². The molecule has 1 atom stereocenters. The van der Waals surface area contributed by atoms with E-state index in [0.717, 1.165) is 19.6 Å². The highest BCUT2D eigenvalue weighted by molar-refractivity contribution is 5.06. The predicted molar refractivity (Wildman–Crippen MR) is 46.8 cm³/mol. The number of nitrogens with zero attached hydrogens (tertiary/aromatic N) is 2. The van der Waals surface area contributed by atoms with Crippen molar-refractivity contribution < 1.29 is 0 Å². The van der Waals surface area contributed by atoms with Gasteiger partial charge in [0.2, 0.25) is 0 Å². The SMILES string of the molecule is Cn1cncc1C1CNCCN1. The molecule has 2 N–H and O–H groups in total. The van der Waals surface area contributed by atoms with Gasteiger partial charge >= 0.3 is 0 Å². The fourth-order valence-electron chi connectivity index (χ4n) is 1.57. The van der Waals surface area contributed by atoms with Crippen molar-refractivity contribution in [2.45, 2.75) is 6.04 Å². The van der Waals surface area contributed by atoms with Crippen molar-refractivity contribution in [3.8, 4) is 0 Å². The summed E-state index contributed by atoms with van der Waals surface area (Å²) in [6.45, 7) is 3.10. The molecule has 0 saturated carbocycles. The summed E-state index contributed by atoms with van der Waals surface area (Å²) in [6.07, 6.45) is 3.76. The molecule has 12 heavy (non-hydrogen) atoms. The number of aromatic nitrogens is 2. The van der Waals surface area contributed by atoms with Crippen molar-refractivity contribution in [3.05, 3.63) is 18.2 Å². The first-order chi connectivity index (χ1) is 5.88. The van der Waals surface area contributed by atoms with Crippen LogP contribution < -0.4 is 10.6 Å². The quantitative estimate of drug-likeness (QED) is 0.599. The second-order valence-electron chi connectivity index (χ2n) is 3.14. The van der Waals surface area contributed by atoms with Gasteiger partial charge in [0.15, 0.2) is 0 Å². The van der Waals surface area contributed by atoms with Crippen LogP contribution in [-0.2, 0) is 7.05 Å². The Labute approximate surface area is 72.0 Å². The number of nitrogens with one attached hydrogen (secondary N) is 2. The Bertz CT molecular complexity index is 249. The normalized spacial score (nSPS) is 24.2. The maximum Gasteiger partial charge on any atom is 0.0946 e. The minimum absolute atomic E-state index is 0.422. The standard InChI is InChI=1S/C8H14N4/c1-12-6-10-5-8(12)7-4-9-2-3-11-7/h5-7,9,11H,2-4H2,1H3. The summed E-state index contributed by atoms with van der Waals surface area (Å²) in [5, 5.41) is 6.79. The fourth-order valence-corrected chi connectivity index (χ4v) is 1.57. The molecule has 1 aliphatic rings. The van der Waals surface area contributed by atoms with Gasteiger partial charge in [0.05, 0.1) is 18.1 Å². The number of hydrogen-bond donors (Lipinski definition) is 2. The van der Waals surface area contributed by atoms with E-state index in [4.69, 9.17) is 0 Å². The third-order valence-corrected chi connectivity index (χ3v) is 2.25.